The smallest absolute Gasteiger partial charge is 0.176 e. The molecule has 0 amide bonds. The van der Waals surface area contributed by atoms with Crippen LogP contribution in [-0.2, 0) is 0 Å². The minimum absolute atomic E-state index is 0.0238. The number of hydrogen-bond acceptors (Lipinski definition) is 3. The predicted octanol–water partition coefficient (Wildman–Crippen LogP) is 1.37. The summed E-state index contributed by atoms with van der Waals surface area (Å²) in [5, 5.41) is 17.4. The third-order valence-corrected chi connectivity index (χ3v) is 1.79. The molecule has 0 spiro atoms. The van der Waals surface area contributed by atoms with Crippen molar-refractivity contribution in [1.82, 2.24) is 9.55 Å². The van der Waals surface area contributed by atoms with Crippen LogP contribution in [0.2, 0.25) is 0 Å². The zero-order chi connectivity index (χ0) is 9.84. The molecule has 0 saturated heterocycles. The Kier molecular flexibility index (Phi) is 2.47. The second-order valence-electron chi connectivity index (χ2n) is 2.55. The van der Waals surface area contributed by atoms with Crippen molar-refractivity contribution in [2.75, 3.05) is 0 Å². The van der Waals surface area contributed by atoms with E-state index >= 15 is 0 Å². The van der Waals surface area contributed by atoms with E-state index in [0.717, 1.165) is 0 Å². The topological polar surface area (TPSA) is 65.4 Å². The summed E-state index contributed by atoms with van der Waals surface area (Å²) in [5.41, 5.74) is 0.450. The van der Waals surface area contributed by atoms with Gasteiger partial charge in [-0.3, -0.25) is 0 Å². The first kappa shape index (κ1) is 9.02. The zero-order valence-corrected chi connectivity index (χ0v) is 7.23. The van der Waals surface area contributed by atoms with Gasteiger partial charge in [0, 0.05) is 0 Å². The van der Waals surface area contributed by atoms with Crippen molar-refractivity contribution in [2.24, 2.45) is 0 Å². The van der Waals surface area contributed by atoms with E-state index in [1.165, 1.54) is 6.33 Å². The van der Waals surface area contributed by atoms with Gasteiger partial charge in [0.25, 0.3) is 0 Å². The Labute approximate surface area is 76.4 Å². The quantitative estimate of drug-likeness (QED) is 0.633. The molecule has 0 aromatic carbocycles. The number of hydrogen-bond donors (Lipinski definition) is 0. The van der Waals surface area contributed by atoms with Crippen molar-refractivity contribution in [2.45, 2.75) is 13.0 Å². The molecule has 1 heterocycles. The minimum Gasteiger partial charge on any atom is -0.315 e. The number of rotatable bonds is 2. The Bertz CT molecular complexity index is 402. The summed E-state index contributed by atoms with van der Waals surface area (Å²) in [6, 6.07) is 3.77. The van der Waals surface area contributed by atoms with Crippen LogP contribution in [0.3, 0.4) is 0 Å². The fraction of sp³-hybridized carbons (Fsp3) is 0.222. The Hall–Kier alpha value is -2.07. The molecule has 64 valence electrons. The maximum Gasteiger partial charge on any atom is 0.176 e. The van der Waals surface area contributed by atoms with E-state index in [4.69, 9.17) is 10.5 Å². The van der Waals surface area contributed by atoms with Crippen LogP contribution in [0.25, 0.3) is 0 Å². The van der Waals surface area contributed by atoms with Crippen LogP contribution in [0.4, 0.5) is 0 Å². The van der Waals surface area contributed by atoms with Crippen molar-refractivity contribution in [3.8, 4) is 12.1 Å². The van der Waals surface area contributed by atoms with Gasteiger partial charge in [0.2, 0.25) is 0 Å². The van der Waals surface area contributed by atoms with Gasteiger partial charge >= 0.3 is 0 Å². The highest BCUT2D eigenvalue weighted by atomic mass is 15.1. The largest absolute Gasteiger partial charge is 0.315 e. The van der Waals surface area contributed by atoms with Crippen LogP contribution in [0.15, 0.2) is 19.0 Å². The van der Waals surface area contributed by atoms with Crippen LogP contribution in [0.1, 0.15) is 24.4 Å². The summed E-state index contributed by atoms with van der Waals surface area (Å²) in [7, 11) is 0. The van der Waals surface area contributed by atoms with Crippen LogP contribution < -0.4 is 0 Å². The lowest BCUT2D eigenvalue weighted by molar-refractivity contribution is 0.654. The molecule has 1 aromatic rings. The van der Waals surface area contributed by atoms with E-state index in [1.807, 2.05) is 19.1 Å². The van der Waals surface area contributed by atoms with E-state index in [9.17, 15) is 0 Å². The molecule has 0 aliphatic heterocycles. The van der Waals surface area contributed by atoms with Crippen LogP contribution >= 0.6 is 0 Å². The lowest BCUT2D eigenvalue weighted by atomic mass is 10.3. The monoisotopic (exact) mass is 172 g/mol. The highest BCUT2D eigenvalue weighted by Gasteiger charge is 2.12. The molecule has 0 N–H and O–H groups in total. The first-order valence-corrected chi connectivity index (χ1v) is 3.74. The second-order valence-corrected chi connectivity index (χ2v) is 2.55. The van der Waals surface area contributed by atoms with Crippen molar-refractivity contribution in [1.29, 1.82) is 10.5 Å². The molecule has 0 aliphatic rings. The third-order valence-electron chi connectivity index (χ3n) is 1.79. The fourth-order valence-corrected chi connectivity index (χ4v) is 0.976. The number of allylic oxidation sites excluding steroid dienone is 1. The van der Waals surface area contributed by atoms with E-state index in [0.29, 0.717) is 0 Å². The van der Waals surface area contributed by atoms with Gasteiger partial charge < -0.3 is 4.57 Å². The number of nitrogens with zero attached hydrogens (tertiary/aromatic N) is 4. The molecule has 0 bridgehead atoms. The highest BCUT2D eigenvalue weighted by molar-refractivity contribution is 5.36. The molecule has 1 atom stereocenters. The van der Waals surface area contributed by atoms with E-state index in [1.54, 1.807) is 10.6 Å². The van der Waals surface area contributed by atoms with E-state index in [2.05, 4.69) is 11.6 Å². The lowest BCUT2D eigenvalue weighted by Crippen LogP contribution is -2.03. The van der Waals surface area contributed by atoms with Crippen LogP contribution in [0, 0.1) is 22.7 Å². The molecular weight excluding hydrogens is 164 g/mol. The summed E-state index contributed by atoms with van der Waals surface area (Å²) < 4.78 is 1.62. The van der Waals surface area contributed by atoms with Crippen molar-refractivity contribution in [3.05, 3.63) is 30.4 Å². The van der Waals surface area contributed by atoms with E-state index < -0.39 is 0 Å². The number of nitriles is 2. The SMILES string of the molecule is C=CC(C)n1cnc(C#N)c1C#N. The Balaban J connectivity index is 3.27. The summed E-state index contributed by atoms with van der Waals surface area (Å²) in [4.78, 5) is 3.81. The summed E-state index contributed by atoms with van der Waals surface area (Å²) in [6.07, 6.45) is 3.16. The van der Waals surface area contributed by atoms with Gasteiger partial charge in [-0.2, -0.15) is 10.5 Å². The predicted molar refractivity (Wildman–Crippen MR) is 46.6 cm³/mol. The molecule has 0 saturated carbocycles. The van der Waals surface area contributed by atoms with E-state index in [-0.39, 0.29) is 17.4 Å². The first-order valence-electron chi connectivity index (χ1n) is 3.74. The molecule has 1 unspecified atom stereocenters. The van der Waals surface area contributed by atoms with Crippen molar-refractivity contribution >= 4 is 0 Å². The first-order chi connectivity index (χ1) is 6.24. The molecule has 0 radical (unpaired) electrons. The zero-order valence-electron chi connectivity index (χ0n) is 7.23. The third kappa shape index (κ3) is 1.43. The van der Waals surface area contributed by atoms with Gasteiger partial charge in [-0.1, -0.05) is 6.08 Å². The number of aromatic nitrogens is 2. The average molecular weight is 172 g/mol. The molecular formula is C9H8N4. The van der Waals surface area contributed by atoms with Crippen molar-refractivity contribution < 1.29 is 0 Å². The fourth-order valence-electron chi connectivity index (χ4n) is 0.976. The number of imidazole rings is 1. The molecule has 13 heavy (non-hydrogen) atoms. The van der Waals surface area contributed by atoms with Gasteiger partial charge in [0.05, 0.1) is 12.4 Å². The summed E-state index contributed by atoms with van der Waals surface area (Å²) in [5.74, 6) is 0. The standard InChI is InChI=1S/C9H8N4/c1-3-7(2)13-6-12-8(4-10)9(13)5-11/h3,6-7H,1H2,2H3. The summed E-state index contributed by atoms with van der Waals surface area (Å²) >= 11 is 0. The summed E-state index contributed by atoms with van der Waals surface area (Å²) in [6.45, 7) is 5.48. The normalized spacial score (nSPS) is 11.3. The van der Waals surface area contributed by atoms with Crippen LogP contribution in [0.5, 0.6) is 0 Å². The molecule has 1 rings (SSSR count). The van der Waals surface area contributed by atoms with Crippen molar-refractivity contribution in [3.63, 3.8) is 0 Å². The molecule has 1 aromatic heterocycles. The van der Waals surface area contributed by atoms with Gasteiger partial charge in [-0.05, 0) is 6.92 Å². The van der Waals surface area contributed by atoms with Gasteiger partial charge in [-0.25, -0.2) is 4.98 Å². The minimum atomic E-state index is -0.0238. The molecule has 4 nitrogen and oxygen atoms in total. The van der Waals surface area contributed by atoms with Gasteiger partial charge in [-0.15, -0.1) is 6.58 Å². The molecule has 0 fully saturated rings. The second kappa shape index (κ2) is 3.55. The molecule has 4 heteroatoms. The molecule has 0 aliphatic carbocycles. The van der Waals surface area contributed by atoms with Gasteiger partial charge in [0.1, 0.15) is 12.1 Å². The Morgan fingerprint density at radius 3 is 2.77 bits per heavy atom. The lowest BCUT2D eigenvalue weighted by Gasteiger charge is -2.07. The average Bonchev–Trinajstić information content (AvgIpc) is 2.58. The maximum absolute atomic E-state index is 8.77. The highest BCUT2D eigenvalue weighted by Crippen LogP contribution is 2.12. The van der Waals surface area contributed by atoms with Crippen LogP contribution in [-0.4, -0.2) is 9.55 Å². The van der Waals surface area contributed by atoms with Gasteiger partial charge in [0.15, 0.2) is 11.4 Å². The Morgan fingerprint density at radius 2 is 2.31 bits per heavy atom. The Morgan fingerprint density at radius 1 is 1.62 bits per heavy atom. The maximum atomic E-state index is 8.77.